The normalized spacial score (nSPS) is 16.2. The summed E-state index contributed by atoms with van der Waals surface area (Å²) in [6.45, 7) is 6.73. The first kappa shape index (κ1) is 43.1. The number of rotatable bonds is 23. The van der Waals surface area contributed by atoms with Crippen molar-refractivity contribution in [3.05, 3.63) is 23.8 Å². The Morgan fingerprint density at radius 3 is 2.35 bits per heavy atom. The van der Waals surface area contributed by atoms with E-state index in [1.165, 1.54) is 27.8 Å². The molecule has 0 saturated carbocycles. The van der Waals surface area contributed by atoms with Gasteiger partial charge in [0.15, 0.2) is 11.6 Å². The van der Waals surface area contributed by atoms with Gasteiger partial charge >= 0.3 is 6.09 Å². The minimum Gasteiger partial charge on any atom is -0.491 e. The Morgan fingerprint density at radius 2 is 1.69 bits per heavy atom. The topological polar surface area (TPSA) is 236 Å². The van der Waals surface area contributed by atoms with Gasteiger partial charge in [-0.15, -0.1) is 0 Å². The number of amides is 6. The van der Waals surface area contributed by atoms with Crippen LogP contribution >= 0.6 is 0 Å². The van der Waals surface area contributed by atoms with E-state index in [2.05, 4.69) is 31.9 Å². The molecule has 4 atom stereocenters. The third kappa shape index (κ3) is 15.9. The molecule has 0 aliphatic carbocycles. The van der Waals surface area contributed by atoms with Crippen molar-refractivity contribution in [3.8, 4) is 5.75 Å². The number of hydrogen-bond donors (Lipinski definition) is 6. The Morgan fingerprint density at radius 1 is 0.942 bits per heavy atom. The highest BCUT2D eigenvalue weighted by Crippen LogP contribution is 2.26. The first-order valence-electron chi connectivity index (χ1n) is 17.4. The first-order valence-corrected chi connectivity index (χ1v) is 17.4. The van der Waals surface area contributed by atoms with Crippen LogP contribution in [0.5, 0.6) is 5.75 Å². The molecule has 52 heavy (non-hydrogen) atoms. The molecule has 1 aliphatic heterocycles. The number of Topliss-reactive ketones (excluding diaryl/α,β-unsaturated/α-hetero) is 2. The van der Waals surface area contributed by atoms with Gasteiger partial charge < -0.3 is 46.1 Å². The number of hydrogen-bond acceptors (Lipinski definition) is 11. The van der Waals surface area contributed by atoms with Gasteiger partial charge in [0, 0.05) is 70.1 Å². The van der Waals surface area contributed by atoms with Gasteiger partial charge in [0.2, 0.25) is 29.5 Å². The Hall–Kier alpha value is -5.06. The molecule has 6 amide bonds. The standard InChI is InChI=1S/C35H52N6O11/c1-21-32(46)28(41-33(21)47)11-12-31(45)38-14-15-50-16-17-51-30-19-27(10-9-26(30)20-52-35(49)36-5)40-34(48)25(8-6-7-13-37-23(3)42)18-29(44)22(2)39-24(4)43/h9-10,19,21-22,25,28H,6-8,11-18,20H2,1-5H3,(H,36,49)(H,37,42)(H,38,45)(H,39,43)(H,40,48)(H,41,47)/t21?,22-,25+,28?/m0/s1. The van der Waals surface area contributed by atoms with Crippen LogP contribution in [0.25, 0.3) is 0 Å². The van der Waals surface area contributed by atoms with E-state index in [-0.39, 0.29) is 87.4 Å². The lowest BCUT2D eigenvalue weighted by molar-refractivity contribution is -0.129. The molecule has 1 saturated heterocycles. The highest BCUT2D eigenvalue weighted by molar-refractivity contribution is 6.10. The quantitative estimate of drug-likeness (QED) is 0.0683. The maximum absolute atomic E-state index is 13.5. The molecule has 288 valence electrons. The number of nitrogens with one attached hydrogen (secondary N) is 6. The predicted molar refractivity (Wildman–Crippen MR) is 188 cm³/mol. The minimum atomic E-state index is -0.770. The van der Waals surface area contributed by atoms with Crippen molar-refractivity contribution in [2.45, 2.75) is 84.9 Å². The summed E-state index contributed by atoms with van der Waals surface area (Å²) in [5.74, 6) is -3.16. The summed E-state index contributed by atoms with van der Waals surface area (Å²) in [5, 5.41) is 15.7. The second-order valence-corrected chi connectivity index (χ2v) is 12.4. The Labute approximate surface area is 303 Å². The number of anilines is 1. The fourth-order valence-corrected chi connectivity index (χ4v) is 5.21. The smallest absolute Gasteiger partial charge is 0.407 e. The molecule has 1 aromatic rings. The molecule has 1 aliphatic rings. The van der Waals surface area contributed by atoms with Crippen molar-refractivity contribution in [2.75, 3.05) is 45.3 Å². The molecule has 0 radical (unpaired) electrons. The van der Waals surface area contributed by atoms with Crippen LogP contribution in [0, 0.1) is 11.8 Å². The van der Waals surface area contributed by atoms with Crippen molar-refractivity contribution in [1.82, 2.24) is 26.6 Å². The molecule has 6 N–H and O–H groups in total. The Balaban J connectivity index is 1.96. The van der Waals surface area contributed by atoms with Gasteiger partial charge in [0.25, 0.3) is 0 Å². The van der Waals surface area contributed by atoms with E-state index in [9.17, 15) is 38.4 Å². The average molecular weight is 733 g/mol. The minimum absolute atomic E-state index is 0.0755. The summed E-state index contributed by atoms with van der Waals surface area (Å²) in [6.07, 6.45) is 1.07. The maximum Gasteiger partial charge on any atom is 0.407 e. The fourth-order valence-electron chi connectivity index (χ4n) is 5.21. The Bertz CT molecular complexity index is 1440. The SMILES string of the molecule is CNC(=O)OCc1ccc(NC(=O)[C@H](CCCCNC(C)=O)CC(=O)[C@H](C)NC(C)=O)cc1OCCOCCNC(=O)CCC1NC(=O)C(C)C1=O. The van der Waals surface area contributed by atoms with Gasteiger partial charge in [-0.3, -0.25) is 33.6 Å². The number of ketones is 2. The fraction of sp³-hybridized carbons (Fsp3) is 0.600. The lowest BCUT2D eigenvalue weighted by atomic mass is 9.92. The van der Waals surface area contributed by atoms with Crippen molar-refractivity contribution >= 4 is 52.9 Å². The van der Waals surface area contributed by atoms with Crippen LogP contribution in [0.15, 0.2) is 18.2 Å². The molecule has 0 aromatic heterocycles. The number of ether oxygens (including phenoxy) is 3. The van der Waals surface area contributed by atoms with Gasteiger partial charge in [-0.1, -0.05) is 6.42 Å². The molecule has 1 heterocycles. The van der Waals surface area contributed by atoms with Gasteiger partial charge in [-0.25, -0.2) is 4.79 Å². The van der Waals surface area contributed by atoms with Crippen LogP contribution in [0.4, 0.5) is 10.5 Å². The highest BCUT2D eigenvalue weighted by Gasteiger charge is 2.37. The highest BCUT2D eigenvalue weighted by atomic mass is 16.6. The number of alkyl carbamates (subject to hydrolysis) is 1. The third-order valence-corrected chi connectivity index (χ3v) is 8.17. The van der Waals surface area contributed by atoms with E-state index in [1.54, 1.807) is 25.1 Å². The second-order valence-electron chi connectivity index (χ2n) is 12.4. The number of carbonyl (C=O) groups excluding carboxylic acids is 8. The van der Waals surface area contributed by atoms with Gasteiger partial charge in [-0.2, -0.15) is 0 Å². The summed E-state index contributed by atoms with van der Waals surface area (Å²) in [6, 6.07) is 3.38. The molecule has 0 spiro atoms. The van der Waals surface area contributed by atoms with Gasteiger partial charge in [-0.05, 0) is 45.2 Å². The van der Waals surface area contributed by atoms with E-state index in [0.29, 0.717) is 42.8 Å². The Kier molecular flexibility index (Phi) is 18.8. The lowest BCUT2D eigenvalue weighted by Crippen LogP contribution is -2.39. The monoisotopic (exact) mass is 732 g/mol. The second kappa shape index (κ2) is 22.7. The summed E-state index contributed by atoms with van der Waals surface area (Å²) >= 11 is 0. The zero-order valence-corrected chi connectivity index (χ0v) is 30.5. The molecule has 1 fully saturated rings. The van der Waals surface area contributed by atoms with Crippen LogP contribution in [-0.4, -0.2) is 99.2 Å². The van der Waals surface area contributed by atoms with Crippen molar-refractivity contribution < 1.29 is 52.6 Å². The van der Waals surface area contributed by atoms with Crippen LogP contribution < -0.4 is 36.6 Å². The summed E-state index contributed by atoms with van der Waals surface area (Å²) < 4.78 is 16.6. The van der Waals surface area contributed by atoms with Crippen LogP contribution in [0.1, 0.15) is 71.8 Å². The van der Waals surface area contributed by atoms with Crippen LogP contribution in [0.3, 0.4) is 0 Å². The molecular formula is C35H52N6O11. The largest absolute Gasteiger partial charge is 0.491 e. The van der Waals surface area contributed by atoms with Crippen LogP contribution in [-0.2, 0) is 49.6 Å². The molecule has 17 heteroatoms. The van der Waals surface area contributed by atoms with E-state index < -0.39 is 35.9 Å². The zero-order valence-electron chi connectivity index (χ0n) is 30.5. The molecule has 2 rings (SSSR count). The zero-order chi connectivity index (χ0) is 38.6. The third-order valence-electron chi connectivity index (χ3n) is 8.17. The molecule has 2 unspecified atom stereocenters. The van der Waals surface area contributed by atoms with E-state index >= 15 is 0 Å². The van der Waals surface area contributed by atoms with Crippen LogP contribution in [0.2, 0.25) is 0 Å². The summed E-state index contributed by atoms with van der Waals surface area (Å²) in [5.41, 5.74) is 0.875. The molecular weight excluding hydrogens is 680 g/mol. The average Bonchev–Trinajstić information content (AvgIpc) is 3.34. The van der Waals surface area contributed by atoms with Gasteiger partial charge in [0.1, 0.15) is 19.0 Å². The summed E-state index contributed by atoms with van der Waals surface area (Å²) in [4.78, 5) is 96.5. The maximum atomic E-state index is 13.5. The number of carbonyl (C=O) groups is 8. The molecule has 1 aromatic carbocycles. The van der Waals surface area contributed by atoms with Crippen molar-refractivity contribution in [1.29, 1.82) is 0 Å². The van der Waals surface area contributed by atoms with E-state index in [1.807, 2.05) is 0 Å². The summed E-state index contributed by atoms with van der Waals surface area (Å²) in [7, 11) is 1.42. The molecule has 0 bridgehead atoms. The number of unbranched alkanes of at least 4 members (excludes halogenated alkanes) is 1. The first-order chi connectivity index (χ1) is 24.7. The lowest BCUT2D eigenvalue weighted by Gasteiger charge is -2.20. The van der Waals surface area contributed by atoms with Gasteiger partial charge in [0.05, 0.1) is 31.2 Å². The van der Waals surface area contributed by atoms with E-state index in [0.717, 1.165) is 0 Å². The van der Waals surface area contributed by atoms with Crippen molar-refractivity contribution in [2.24, 2.45) is 11.8 Å². The van der Waals surface area contributed by atoms with E-state index in [4.69, 9.17) is 14.2 Å². The van der Waals surface area contributed by atoms with Crippen molar-refractivity contribution in [3.63, 3.8) is 0 Å². The predicted octanol–water partition coefficient (Wildman–Crippen LogP) is 0.883. The molecule has 17 nitrogen and oxygen atoms in total. The number of benzene rings is 1.